The molecule has 0 spiro atoms. The number of rotatable bonds is 4. The highest BCUT2D eigenvalue weighted by molar-refractivity contribution is 5.91. The predicted octanol–water partition coefficient (Wildman–Crippen LogP) is 1.84. The van der Waals surface area contributed by atoms with Crippen molar-refractivity contribution in [3.8, 4) is 11.1 Å². The van der Waals surface area contributed by atoms with Crippen LogP contribution in [0.4, 0.5) is 0 Å². The summed E-state index contributed by atoms with van der Waals surface area (Å²) in [5.74, 6) is 0.0681. The fourth-order valence-electron chi connectivity index (χ4n) is 2.48. The molecular formula is C16H18N6O2. The lowest BCUT2D eigenvalue weighted by Crippen LogP contribution is -2.13. The van der Waals surface area contributed by atoms with Gasteiger partial charge in [0.25, 0.3) is 0 Å². The number of aromatic nitrogens is 6. The van der Waals surface area contributed by atoms with Gasteiger partial charge in [0, 0.05) is 25.9 Å². The van der Waals surface area contributed by atoms with Gasteiger partial charge in [-0.05, 0) is 47.5 Å². The molecule has 0 fully saturated rings. The van der Waals surface area contributed by atoms with Crippen LogP contribution in [0.3, 0.4) is 0 Å². The highest BCUT2D eigenvalue weighted by atomic mass is 16.5. The van der Waals surface area contributed by atoms with E-state index in [1.807, 2.05) is 32.3 Å². The van der Waals surface area contributed by atoms with E-state index in [0.717, 1.165) is 16.7 Å². The topological polar surface area (TPSA) is 87.7 Å². The van der Waals surface area contributed by atoms with E-state index in [-0.39, 0.29) is 0 Å². The quantitative estimate of drug-likeness (QED) is 0.680. The van der Waals surface area contributed by atoms with Crippen LogP contribution in [0.25, 0.3) is 11.1 Å². The summed E-state index contributed by atoms with van der Waals surface area (Å²) in [7, 11) is 3.56. The van der Waals surface area contributed by atoms with Crippen LogP contribution in [-0.4, -0.2) is 36.0 Å². The molecule has 1 aromatic carbocycles. The Bertz CT molecular complexity index is 882. The number of nitrogens with zero attached hydrogens (tertiary/aromatic N) is 6. The fourth-order valence-corrected chi connectivity index (χ4v) is 2.48. The molecule has 24 heavy (non-hydrogen) atoms. The first kappa shape index (κ1) is 15.9. The van der Waals surface area contributed by atoms with Gasteiger partial charge >= 0.3 is 5.97 Å². The van der Waals surface area contributed by atoms with Gasteiger partial charge in [-0.2, -0.15) is 5.10 Å². The number of hydrogen-bond donors (Lipinski definition) is 0. The molecule has 2 aromatic heterocycles. The number of benzene rings is 1. The van der Waals surface area contributed by atoms with Crippen LogP contribution >= 0.6 is 0 Å². The maximum absolute atomic E-state index is 12.4. The van der Waals surface area contributed by atoms with Gasteiger partial charge in [0.1, 0.15) is 0 Å². The summed E-state index contributed by atoms with van der Waals surface area (Å²) < 4.78 is 8.68. The van der Waals surface area contributed by atoms with Crippen molar-refractivity contribution < 1.29 is 9.53 Å². The molecule has 0 aliphatic rings. The normalized spacial score (nSPS) is 12.2. The third kappa shape index (κ3) is 3.03. The second-order valence-electron chi connectivity index (χ2n) is 5.64. The van der Waals surface area contributed by atoms with Crippen molar-refractivity contribution in [3.05, 3.63) is 47.5 Å². The molecule has 1 unspecified atom stereocenters. The van der Waals surface area contributed by atoms with E-state index < -0.39 is 12.1 Å². The number of tetrazole rings is 1. The van der Waals surface area contributed by atoms with Crippen molar-refractivity contribution in [1.82, 2.24) is 30.0 Å². The van der Waals surface area contributed by atoms with E-state index in [1.54, 1.807) is 30.9 Å². The first-order chi connectivity index (χ1) is 11.5. The van der Waals surface area contributed by atoms with Gasteiger partial charge in [0.05, 0.1) is 11.8 Å². The summed E-state index contributed by atoms with van der Waals surface area (Å²) >= 11 is 0. The summed E-state index contributed by atoms with van der Waals surface area (Å²) in [6.07, 6.45) is 3.14. The van der Waals surface area contributed by atoms with Crippen LogP contribution in [0.15, 0.2) is 30.6 Å². The van der Waals surface area contributed by atoms with E-state index in [0.29, 0.717) is 11.4 Å². The van der Waals surface area contributed by atoms with Crippen LogP contribution in [0, 0.1) is 6.92 Å². The molecule has 0 amide bonds. The van der Waals surface area contributed by atoms with Crippen molar-refractivity contribution in [3.63, 3.8) is 0 Å². The van der Waals surface area contributed by atoms with Crippen LogP contribution in [-0.2, 0) is 18.8 Å². The highest BCUT2D eigenvalue weighted by Crippen LogP contribution is 2.25. The van der Waals surface area contributed by atoms with Gasteiger partial charge < -0.3 is 4.74 Å². The van der Waals surface area contributed by atoms with Gasteiger partial charge in [-0.3, -0.25) is 4.68 Å². The van der Waals surface area contributed by atoms with Gasteiger partial charge in [0.15, 0.2) is 11.9 Å². The third-order valence-corrected chi connectivity index (χ3v) is 3.79. The molecule has 0 aliphatic heterocycles. The highest BCUT2D eigenvalue weighted by Gasteiger charge is 2.19. The minimum atomic E-state index is -0.541. The van der Waals surface area contributed by atoms with Gasteiger partial charge in [0.2, 0.25) is 0 Å². The summed E-state index contributed by atoms with van der Waals surface area (Å²) in [6, 6.07) is 5.46. The SMILES string of the molecule is Cc1ccc(C(=O)OC(C)c2nnnn2C)cc1-c1cnn(C)c1. The molecule has 3 aromatic rings. The van der Waals surface area contributed by atoms with Gasteiger partial charge in [-0.25, -0.2) is 9.48 Å². The Morgan fingerprint density at radius 2 is 2.08 bits per heavy atom. The maximum atomic E-state index is 12.4. The zero-order valence-corrected chi connectivity index (χ0v) is 14.0. The van der Waals surface area contributed by atoms with Crippen LogP contribution in [0.5, 0.6) is 0 Å². The van der Waals surface area contributed by atoms with Crippen molar-refractivity contribution in [2.45, 2.75) is 20.0 Å². The van der Waals surface area contributed by atoms with Crippen molar-refractivity contribution in [2.75, 3.05) is 0 Å². The number of aryl methyl sites for hydroxylation is 3. The molecule has 2 heterocycles. The number of esters is 1. The molecule has 1 atom stereocenters. The number of ether oxygens (including phenoxy) is 1. The summed E-state index contributed by atoms with van der Waals surface area (Å²) in [6.45, 7) is 3.73. The van der Waals surface area contributed by atoms with Gasteiger partial charge in [-0.1, -0.05) is 6.07 Å². The molecule has 8 nitrogen and oxygen atoms in total. The largest absolute Gasteiger partial charge is 0.451 e. The zero-order valence-electron chi connectivity index (χ0n) is 14.0. The van der Waals surface area contributed by atoms with E-state index in [1.165, 1.54) is 4.68 Å². The molecule has 0 aliphatic carbocycles. The predicted molar refractivity (Wildman–Crippen MR) is 86.0 cm³/mol. The average Bonchev–Trinajstić information content (AvgIpc) is 3.16. The van der Waals surface area contributed by atoms with E-state index in [9.17, 15) is 4.79 Å². The molecule has 0 saturated carbocycles. The summed E-state index contributed by atoms with van der Waals surface area (Å²) in [4.78, 5) is 12.4. The molecule has 0 radical (unpaired) electrons. The Balaban J connectivity index is 1.84. The smallest absolute Gasteiger partial charge is 0.338 e. The lowest BCUT2D eigenvalue weighted by atomic mass is 10.0. The summed E-state index contributed by atoms with van der Waals surface area (Å²) in [5.41, 5.74) is 3.44. The van der Waals surface area contributed by atoms with Crippen molar-refractivity contribution >= 4 is 5.97 Å². The standard InChI is InChI=1S/C16H18N6O2/c1-10-5-6-12(7-14(10)13-8-17-21(3)9-13)16(23)24-11(2)15-18-19-20-22(15)4/h5-9,11H,1-4H3. The number of carbonyl (C=O) groups is 1. The molecule has 3 rings (SSSR count). The second-order valence-corrected chi connectivity index (χ2v) is 5.64. The Morgan fingerprint density at radius 1 is 1.29 bits per heavy atom. The first-order valence-electron chi connectivity index (χ1n) is 7.48. The van der Waals surface area contributed by atoms with Crippen LogP contribution in [0.1, 0.15) is 34.8 Å². The third-order valence-electron chi connectivity index (χ3n) is 3.79. The molecule has 0 saturated heterocycles. The number of hydrogen-bond acceptors (Lipinski definition) is 6. The Kier molecular flexibility index (Phi) is 4.11. The monoisotopic (exact) mass is 326 g/mol. The molecule has 0 bridgehead atoms. The van der Waals surface area contributed by atoms with Gasteiger partial charge in [-0.15, -0.1) is 5.10 Å². The second kappa shape index (κ2) is 6.23. The van der Waals surface area contributed by atoms with E-state index >= 15 is 0 Å². The lowest BCUT2D eigenvalue weighted by Gasteiger charge is -2.12. The Labute approximate surface area is 139 Å². The molecule has 8 heteroatoms. The molecule has 124 valence electrons. The van der Waals surface area contributed by atoms with Crippen LogP contribution in [0.2, 0.25) is 0 Å². The Morgan fingerprint density at radius 3 is 2.71 bits per heavy atom. The maximum Gasteiger partial charge on any atom is 0.338 e. The fraction of sp³-hybridized carbons (Fsp3) is 0.312. The minimum absolute atomic E-state index is 0.421. The number of carbonyl (C=O) groups excluding carboxylic acids is 1. The van der Waals surface area contributed by atoms with E-state index in [2.05, 4.69) is 20.6 Å². The van der Waals surface area contributed by atoms with Crippen molar-refractivity contribution in [1.29, 1.82) is 0 Å². The lowest BCUT2D eigenvalue weighted by molar-refractivity contribution is 0.0312. The minimum Gasteiger partial charge on any atom is -0.451 e. The Hall–Kier alpha value is -3.03. The van der Waals surface area contributed by atoms with Crippen molar-refractivity contribution in [2.24, 2.45) is 14.1 Å². The average molecular weight is 326 g/mol. The zero-order chi connectivity index (χ0) is 17.3. The van der Waals surface area contributed by atoms with E-state index in [4.69, 9.17) is 4.74 Å². The van der Waals surface area contributed by atoms with Crippen LogP contribution < -0.4 is 0 Å². The molecule has 0 N–H and O–H groups in total. The first-order valence-corrected chi connectivity index (χ1v) is 7.48. The summed E-state index contributed by atoms with van der Waals surface area (Å²) in [5, 5.41) is 15.3. The molecular weight excluding hydrogens is 308 g/mol.